The standard InChI is InChI=1S/C22H19NO6/c1-12-5-3-7-16(13(12)2)29-17-10-9-15(21(26)22(23)27)20-14(17)6-4-8-18(20)28-11-19(24)25/h3-10H,11H2,1-2H3,(H2,23,27)(H,24,25). The fraction of sp³-hybridized carbons (Fsp3) is 0.136. The van der Waals surface area contributed by atoms with E-state index in [0.29, 0.717) is 16.9 Å². The molecule has 29 heavy (non-hydrogen) atoms. The lowest BCUT2D eigenvalue weighted by Gasteiger charge is -2.16. The van der Waals surface area contributed by atoms with Gasteiger partial charge in [-0.25, -0.2) is 4.79 Å². The summed E-state index contributed by atoms with van der Waals surface area (Å²) in [6.45, 7) is 3.29. The second-order valence-corrected chi connectivity index (χ2v) is 6.47. The van der Waals surface area contributed by atoms with Gasteiger partial charge in [0.15, 0.2) is 6.61 Å². The largest absolute Gasteiger partial charge is 0.481 e. The Morgan fingerprint density at radius 2 is 1.62 bits per heavy atom. The number of ether oxygens (including phenoxy) is 2. The highest BCUT2D eigenvalue weighted by molar-refractivity contribution is 6.44. The van der Waals surface area contributed by atoms with Gasteiger partial charge < -0.3 is 20.3 Å². The van der Waals surface area contributed by atoms with Gasteiger partial charge in [-0.05, 0) is 49.2 Å². The van der Waals surface area contributed by atoms with Gasteiger partial charge in [-0.2, -0.15) is 0 Å². The van der Waals surface area contributed by atoms with Crippen molar-refractivity contribution in [2.45, 2.75) is 13.8 Å². The molecule has 3 aromatic carbocycles. The van der Waals surface area contributed by atoms with E-state index in [-0.39, 0.29) is 16.7 Å². The van der Waals surface area contributed by atoms with Crippen LogP contribution in [0.3, 0.4) is 0 Å². The summed E-state index contributed by atoms with van der Waals surface area (Å²) in [6.07, 6.45) is 0. The number of aliphatic carboxylic acids is 1. The van der Waals surface area contributed by atoms with Gasteiger partial charge in [0.2, 0.25) is 0 Å². The van der Waals surface area contributed by atoms with E-state index < -0.39 is 24.3 Å². The van der Waals surface area contributed by atoms with Crippen LogP contribution in [0, 0.1) is 13.8 Å². The molecular formula is C22H19NO6. The predicted octanol–water partition coefficient (Wildman–Crippen LogP) is 3.38. The fourth-order valence-electron chi connectivity index (χ4n) is 2.97. The first-order chi connectivity index (χ1) is 13.8. The Morgan fingerprint density at radius 1 is 0.931 bits per heavy atom. The number of nitrogens with two attached hydrogens (primary N) is 1. The van der Waals surface area contributed by atoms with Crippen LogP contribution in [0.5, 0.6) is 17.2 Å². The minimum Gasteiger partial charge on any atom is -0.481 e. The highest BCUT2D eigenvalue weighted by Crippen LogP contribution is 2.38. The molecule has 7 nitrogen and oxygen atoms in total. The Balaban J connectivity index is 2.20. The molecule has 0 atom stereocenters. The number of amides is 1. The maximum atomic E-state index is 12.3. The fourth-order valence-corrected chi connectivity index (χ4v) is 2.97. The van der Waals surface area contributed by atoms with Crippen molar-refractivity contribution in [2.24, 2.45) is 5.73 Å². The number of aryl methyl sites for hydroxylation is 1. The number of benzene rings is 3. The third kappa shape index (κ3) is 4.03. The van der Waals surface area contributed by atoms with E-state index in [0.717, 1.165) is 11.1 Å². The number of carbonyl (C=O) groups is 3. The van der Waals surface area contributed by atoms with Gasteiger partial charge in [-0.3, -0.25) is 9.59 Å². The Hall–Kier alpha value is -3.87. The molecule has 7 heteroatoms. The molecule has 3 rings (SSSR count). The highest BCUT2D eigenvalue weighted by atomic mass is 16.5. The Bertz CT molecular complexity index is 1140. The van der Waals surface area contributed by atoms with E-state index in [2.05, 4.69) is 0 Å². The lowest BCUT2D eigenvalue weighted by molar-refractivity contribution is -0.139. The second-order valence-electron chi connectivity index (χ2n) is 6.47. The molecule has 0 spiro atoms. The van der Waals surface area contributed by atoms with Crippen LogP contribution in [0.15, 0.2) is 48.5 Å². The van der Waals surface area contributed by atoms with Crippen molar-refractivity contribution in [3.8, 4) is 17.2 Å². The number of carboxylic acid groups (broad SMARTS) is 1. The van der Waals surface area contributed by atoms with Crippen LogP contribution in [0.4, 0.5) is 0 Å². The van der Waals surface area contributed by atoms with Gasteiger partial charge in [0, 0.05) is 16.3 Å². The number of ketones is 1. The molecule has 0 heterocycles. The third-order valence-corrected chi connectivity index (χ3v) is 4.56. The van der Waals surface area contributed by atoms with Crippen molar-refractivity contribution in [1.82, 2.24) is 0 Å². The van der Waals surface area contributed by atoms with Gasteiger partial charge in [0.1, 0.15) is 17.2 Å². The van der Waals surface area contributed by atoms with Crippen LogP contribution in [0.25, 0.3) is 10.8 Å². The van der Waals surface area contributed by atoms with Crippen molar-refractivity contribution < 1.29 is 29.0 Å². The summed E-state index contributed by atoms with van der Waals surface area (Å²) in [6, 6.07) is 13.5. The van der Waals surface area contributed by atoms with Crippen LogP contribution in [0.1, 0.15) is 21.5 Å². The molecule has 0 saturated carbocycles. The van der Waals surface area contributed by atoms with E-state index in [1.807, 2.05) is 32.0 Å². The zero-order valence-corrected chi connectivity index (χ0v) is 15.9. The molecule has 0 aliphatic rings. The molecule has 3 aromatic rings. The lowest BCUT2D eigenvalue weighted by Crippen LogP contribution is -2.23. The molecule has 0 radical (unpaired) electrons. The SMILES string of the molecule is Cc1cccc(Oc2ccc(C(=O)C(N)=O)c3c(OCC(=O)O)cccc23)c1C. The van der Waals surface area contributed by atoms with Gasteiger partial charge in [0.25, 0.3) is 11.7 Å². The van der Waals surface area contributed by atoms with Crippen molar-refractivity contribution in [3.63, 3.8) is 0 Å². The number of Topliss-reactive ketones (excluding diaryl/α,β-unsaturated/α-hetero) is 1. The molecule has 0 bridgehead atoms. The quantitative estimate of drug-likeness (QED) is 0.470. The number of carbonyl (C=O) groups excluding carboxylic acids is 2. The molecule has 0 aliphatic carbocycles. The van der Waals surface area contributed by atoms with E-state index >= 15 is 0 Å². The zero-order chi connectivity index (χ0) is 21.1. The van der Waals surface area contributed by atoms with E-state index in [1.54, 1.807) is 18.2 Å². The molecule has 0 saturated heterocycles. The second kappa shape index (κ2) is 8.02. The number of hydrogen-bond donors (Lipinski definition) is 2. The highest BCUT2D eigenvalue weighted by Gasteiger charge is 2.21. The van der Waals surface area contributed by atoms with Crippen LogP contribution in [-0.2, 0) is 9.59 Å². The summed E-state index contributed by atoms with van der Waals surface area (Å²) in [5, 5.41) is 9.68. The van der Waals surface area contributed by atoms with Crippen molar-refractivity contribution in [1.29, 1.82) is 0 Å². The van der Waals surface area contributed by atoms with E-state index in [4.69, 9.17) is 20.3 Å². The van der Waals surface area contributed by atoms with E-state index in [1.165, 1.54) is 12.1 Å². The maximum Gasteiger partial charge on any atom is 0.341 e. The summed E-state index contributed by atoms with van der Waals surface area (Å²) < 4.78 is 11.4. The van der Waals surface area contributed by atoms with Crippen LogP contribution < -0.4 is 15.2 Å². The average molecular weight is 393 g/mol. The first-order valence-electron chi connectivity index (χ1n) is 8.78. The number of rotatable bonds is 7. The van der Waals surface area contributed by atoms with E-state index in [9.17, 15) is 14.4 Å². The molecule has 0 aromatic heterocycles. The maximum absolute atomic E-state index is 12.3. The van der Waals surface area contributed by atoms with Gasteiger partial charge >= 0.3 is 5.97 Å². The first kappa shape index (κ1) is 19.9. The first-order valence-corrected chi connectivity index (χ1v) is 8.78. The summed E-state index contributed by atoms with van der Waals surface area (Å²) in [7, 11) is 0. The Morgan fingerprint density at radius 3 is 2.31 bits per heavy atom. The van der Waals surface area contributed by atoms with Crippen LogP contribution in [0.2, 0.25) is 0 Å². The lowest BCUT2D eigenvalue weighted by atomic mass is 9.99. The Labute approximate surface area is 166 Å². The normalized spacial score (nSPS) is 10.6. The summed E-state index contributed by atoms with van der Waals surface area (Å²) >= 11 is 0. The number of hydrogen-bond acceptors (Lipinski definition) is 5. The molecule has 3 N–H and O–H groups in total. The average Bonchev–Trinajstić information content (AvgIpc) is 2.69. The van der Waals surface area contributed by atoms with Crippen molar-refractivity contribution in [2.75, 3.05) is 6.61 Å². The number of carboxylic acids is 1. The molecule has 0 aliphatic heterocycles. The smallest absolute Gasteiger partial charge is 0.341 e. The third-order valence-electron chi connectivity index (χ3n) is 4.56. The molecule has 148 valence electrons. The molecule has 1 amide bonds. The minimum absolute atomic E-state index is 0.0156. The molecular weight excluding hydrogens is 374 g/mol. The van der Waals surface area contributed by atoms with Crippen LogP contribution in [-0.4, -0.2) is 29.4 Å². The minimum atomic E-state index is -1.17. The molecule has 0 fully saturated rings. The number of primary amides is 1. The molecule has 0 unspecified atom stereocenters. The topological polar surface area (TPSA) is 116 Å². The summed E-state index contributed by atoms with van der Waals surface area (Å²) in [5.41, 5.74) is 7.20. The summed E-state index contributed by atoms with van der Waals surface area (Å²) in [4.78, 5) is 34.7. The predicted molar refractivity (Wildman–Crippen MR) is 107 cm³/mol. The number of fused-ring (bicyclic) bond motifs is 1. The summed E-state index contributed by atoms with van der Waals surface area (Å²) in [5.74, 6) is -2.00. The zero-order valence-electron chi connectivity index (χ0n) is 15.9. The van der Waals surface area contributed by atoms with Crippen LogP contribution >= 0.6 is 0 Å². The van der Waals surface area contributed by atoms with Gasteiger partial charge in [0.05, 0.1) is 0 Å². The van der Waals surface area contributed by atoms with Crippen molar-refractivity contribution >= 4 is 28.4 Å². The van der Waals surface area contributed by atoms with Crippen molar-refractivity contribution in [3.05, 3.63) is 65.2 Å². The Kier molecular flexibility index (Phi) is 5.50. The van der Waals surface area contributed by atoms with Gasteiger partial charge in [-0.15, -0.1) is 0 Å². The van der Waals surface area contributed by atoms with Gasteiger partial charge in [-0.1, -0.05) is 24.3 Å². The monoisotopic (exact) mass is 393 g/mol.